The summed E-state index contributed by atoms with van der Waals surface area (Å²) in [7, 11) is 1.37. The topological polar surface area (TPSA) is 64.6 Å². The molecule has 0 unspecified atom stereocenters. The quantitative estimate of drug-likeness (QED) is 0.511. The minimum absolute atomic E-state index is 0.333. The van der Waals surface area contributed by atoms with Crippen LogP contribution in [0.15, 0.2) is 23.1 Å². The number of hydrogen-bond donors (Lipinski definition) is 1. The van der Waals surface area contributed by atoms with Crippen molar-refractivity contribution in [1.29, 1.82) is 0 Å². The van der Waals surface area contributed by atoms with Crippen molar-refractivity contribution in [3.05, 3.63) is 29.3 Å². The number of methoxy groups -OCH3 is 1. The van der Waals surface area contributed by atoms with Gasteiger partial charge in [-0.25, -0.2) is 9.59 Å². The molecule has 0 bridgehead atoms. The third-order valence-corrected chi connectivity index (χ3v) is 3.64. The van der Waals surface area contributed by atoms with E-state index in [0.717, 1.165) is 16.2 Å². The minimum Gasteiger partial charge on any atom is -0.465 e. The Morgan fingerprint density at radius 2 is 1.95 bits per heavy atom. The molecule has 0 aliphatic rings. The largest absolute Gasteiger partial charge is 0.465 e. The molecule has 1 amide bonds. The van der Waals surface area contributed by atoms with Crippen LogP contribution in [0.5, 0.6) is 0 Å². The molecule has 1 aromatic rings. The molecule has 0 saturated heterocycles. The van der Waals surface area contributed by atoms with Gasteiger partial charge in [0.25, 0.3) is 0 Å². The lowest BCUT2D eigenvalue weighted by atomic mass is 10.1. The van der Waals surface area contributed by atoms with Crippen molar-refractivity contribution >= 4 is 23.8 Å². The SMILES string of the molecule is COC(=O)c1ccc(SCCNC(=O)OC(C)(C)C)cc1C. The van der Waals surface area contributed by atoms with Crippen LogP contribution in [-0.4, -0.2) is 37.1 Å². The second kappa shape index (κ2) is 8.08. The number of benzene rings is 1. The van der Waals surface area contributed by atoms with Gasteiger partial charge in [0, 0.05) is 17.2 Å². The van der Waals surface area contributed by atoms with Gasteiger partial charge >= 0.3 is 12.1 Å². The van der Waals surface area contributed by atoms with E-state index < -0.39 is 11.7 Å². The number of esters is 1. The van der Waals surface area contributed by atoms with Crippen LogP contribution in [0.2, 0.25) is 0 Å². The number of aryl methyl sites for hydroxylation is 1. The molecule has 0 fully saturated rings. The Morgan fingerprint density at radius 1 is 1.27 bits per heavy atom. The van der Waals surface area contributed by atoms with Crippen molar-refractivity contribution in [1.82, 2.24) is 5.32 Å². The van der Waals surface area contributed by atoms with Crippen LogP contribution in [0.1, 0.15) is 36.7 Å². The third-order valence-electron chi connectivity index (χ3n) is 2.64. The van der Waals surface area contributed by atoms with Crippen molar-refractivity contribution in [2.75, 3.05) is 19.4 Å². The highest BCUT2D eigenvalue weighted by Gasteiger charge is 2.15. The standard InChI is InChI=1S/C16H23NO4S/c1-11-10-12(6-7-13(11)14(18)20-5)22-9-8-17-15(19)21-16(2,3)4/h6-7,10H,8-9H2,1-5H3,(H,17,19). The van der Waals surface area contributed by atoms with Gasteiger partial charge in [0.2, 0.25) is 0 Å². The van der Waals surface area contributed by atoms with Crippen molar-refractivity contribution < 1.29 is 19.1 Å². The molecule has 0 aliphatic carbocycles. The zero-order chi connectivity index (χ0) is 16.8. The monoisotopic (exact) mass is 325 g/mol. The second-order valence-electron chi connectivity index (χ2n) is 5.75. The summed E-state index contributed by atoms with van der Waals surface area (Å²) in [5.74, 6) is 0.386. The third kappa shape index (κ3) is 6.39. The number of carbonyl (C=O) groups excluding carboxylic acids is 2. The van der Waals surface area contributed by atoms with Crippen LogP contribution in [0.25, 0.3) is 0 Å². The molecule has 122 valence electrons. The maximum absolute atomic E-state index is 11.5. The number of amides is 1. The number of ether oxygens (including phenoxy) is 2. The molecule has 1 rings (SSSR count). The lowest BCUT2D eigenvalue weighted by Gasteiger charge is -2.19. The average Bonchev–Trinajstić information content (AvgIpc) is 2.41. The van der Waals surface area contributed by atoms with E-state index in [0.29, 0.717) is 12.1 Å². The first-order chi connectivity index (χ1) is 10.2. The summed E-state index contributed by atoms with van der Waals surface area (Å²) >= 11 is 1.60. The molecule has 1 aromatic carbocycles. The van der Waals surface area contributed by atoms with Gasteiger partial charge in [-0.1, -0.05) is 0 Å². The predicted octanol–water partition coefficient (Wildman–Crippen LogP) is 3.40. The fraction of sp³-hybridized carbons (Fsp3) is 0.500. The molecule has 0 spiro atoms. The number of thioether (sulfide) groups is 1. The maximum Gasteiger partial charge on any atom is 0.407 e. The minimum atomic E-state index is -0.488. The molecule has 0 aromatic heterocycles. The first-order valence-electron chi connectivity index (χ1n) is 7.01. The van der Waals surface area contributed by atoms with Gasteiger partial charge in [0.1, 0.15) is 5.60 Å². The molecule has 6 heteroatoms. The van der Waals surface area contributed by atoms with E-state index in [1.807, 2.05) is 39.8 Å². The molecule has 0 aliphatic heterocycles. The van der Waals surface area contributed by atoms with Gasteiger partial charge in [0.05, 0.1) is 12.7 Å². The van der Waals surface area contributed by atoms with Crippen LogP contribution in [-0.2, 0) is 9.47 Å². The summed E-state index contributed by atoms with van der Waals surface area (Å²) in [6.07, 6.45) is -0.412. The maximum atomic E-state index is 11.5. The summed E-state index contributed by atoms with van der Waals surface area (Å²) in [4.78, 5) is 24.0. The predicted molar refractivity (Wildman–Crippen MR) is 87.5 cm³/mol. The van der Waals surface area contributed by atoms with Crippen LogP contribution in [0.4, 0.5) is 4.79 Å². The van der Waals surface area contributed by atoms with E-state index in [4.69, 9.17) is 9.47 Å². The van der Waals surface area contributed by atoms with Gasteiger partial charge in [-0.15, -0.1) is 11.8 Å². The lowest BCUT2D eigenvalue weighted by Crippen LogP contribution is -2.33. The Kier molecular flexibility index (Phi) is 6.74. The van der Waals surface area contributed by atoms with Gasteiger partial charge < -0.3 is 14.8 Å². The van der Waals surface area contributed by atoms with Gasteiger partial charge in [-0.05, 0) is 51.5 Å². The average molecular weight is 325 g/mol. The fourth-order valence-electron chi connectivity index (χ4n) is 1.70. The molecule has 0 atom stereocenters. The summed E-state index contributed by atoms with van der Waals surface area (Å²) in [6, 6.07) is 5.56. The summed E-state index contributed by atoms with van der Waals surface area (Å²) in [5, 5.41) is 2.71. The van der Waals surface area contributed by atoms with E-state index in [1.165, 1.54) is 7.11 Å². The Hall–Kier alpha value is -1.69. The van der Waals surface area contributed by atoms with Crippen LogP contribution >= 0.6 is 11.8 Å². The first-order valence-corrected chi connectivity index (χ1v) is 8.00. The highest BCUT2D eigenvalue weighted by atomic mass is 32.2. The molecule has 22 heavy (non-hydrogen) atoms. The van der Waals surface area contributed by atoms with Gasteiger partial charge in [-0.2, -0.15) is 0 Å². The van der Waals surface area contributed by atoms with E-state index in [-0.39, 0.29) is 5.97 Å². The Bertz CT molecular complexity index is 537. The zero-order valence-electron chi connectivity index (χ0n) is 13.7. The lowest BCUT2D eigenvalue weighted by molar-refractivity contribution is 0.0530. The molecule has 0 radical (unpaired) electrons. The fourth-order valence-corrected chi connectivity index (χ4v) is 2.57. The van der Waals surface area contributed by atoms with Gasteiger partial charge in [-0.3, -0.25) is 0 Å². The highest BCUT2D eigenvalue weighted by molar-refractivity contribution is 7.99. The molecular weight excluding hydrogens is 302 g/mol. The van der Waals surface area contributed by atoms with Crippen molar-refractivity contribution in [2.24, 2.45) is 0 Å². The van der Waals surface area contributed by atoms with E-state index >= 15 is 0 Å². The normalized spacial score (nSPS) is 11.0. The summed E-state index contributed by atoms with van der Waals surface area (Å²) in [6.45, 7) is 7.86. The molecule has 0 heterocycles. The Morgan fingerprint density at radius 3 is 2.50 bits per heavy atom. The highest BCUT2D eigenvalue weighted by Crippen LogP contribution is 2.21. The number of hydrogen-bond acceptors (Lipinski definition) is 5. The van der Waals surface area contributed by atoms with Gasteiger partial charge in [0.15, 0.2) is 0 Å². The number of nitrogens with one attached hydrogen (secondary N) is 1. The molecule has 5 nitrogen and oxygen atoms in total. The van der Waals surface area contributed by atoms with Crippen LogP contribution in [0, 0.1) is 6.92 Å². The van der Waals surface area contributed by atoms with Crippen molar-refractivity contribution in [3.63, 3.8) is 0 Å². The Labute approximate surface area is 135 Å². The zero-order valence-corrected chi connectivity index (χ0v) is 14.5. The van der Waals surface area contributed by atoms with Crippen molar-refractivity contribution in [3.8, 4) is 0 Å². The number of rotatable bonds is 5. The second-order valence-corrected chi connectivity index (χ2v) is 6.91. The number of alkyl carbamates (subject to hydrolysis) is 1. The van der Waals surface area contributed by atoms with Crippen LogP contribution in [0.3, 0.4) is 0 Å². The molecular formula is C16H23NO4S. The van der Waals surface area contributed by atoms with E-state index in [1.54, 1.807) is 17.8 Å². The van der Waals surface area contributed by atoms with E-state index in [2.05, 4.69) is 5.32 Å². The summed E-state index contributed by atoms with van der Waals surface area (Å²) in [5.41, 5.74) is 0.952. The summed E-state index contributed by atoms with van der Waals surface area (Å²) < 4.78 is 9.87. The molecule has 1 N–H and O–H groups in total. The number of carbonyl (C=O) groups is 2. The van der Waals surface area contributed by atoms with Crippen LogP contribution < -0.4 is 5.32 Å². The smallest absolute Gasteiger partial charge is 0.407 e. The Balaban J connectivity index is 2.41. The molecule has 0 saturated carbocycles. The first kappa shape index (κ1) is 18.4. The van der Waals surface area contributed by atoms with Crippen molar-refractivity contribution in [2.45, 2.75) is 38.2 Å². The van der Waals surface area contributed by atoms with E-state index in [9.17, 15) is 9.59 Å².